The van der Waals surface area contributed by atoms with Gasteiger partial charge in [0.25, 0.3) is 0 Å². The van der Waals surface area contributed by atoms with Gasteiger partial charge in [-0.05, 0) is 55.1 Å². The van der Waals surface area contributed by atoms with Crippen molar-refractivity contribution in [2.75, 3.05) is 0 Å². The van der Waals surface area contributed by atoms with Gasteiger partial charge in [0.05, 0.1) is 5.56 Å². The fourth-order valence-corrected chi connectivity index (χ4v) is 4.15. The van der Waals surface area contributed by atoms with Crippen LogP contribution in [-0.2, 0) is 7.05 Å². The molecule has 0 bridgehead atoms. The van der Waals surface area contributed by atoms with E-state index in [-0.39, 0.29) is 0 Å². The van der Waals surface area contributed by atoms with Crippen LogP contribution in [0.15, 0.2) is 71.4 Å². The van der Waals surface area contributed by atoms with E-state index in [0.717, 1.165) is 38.9 Å². The summed E-state index contributed by atoms with van der Waals surface area (Å²) >= 11 is 0. The van der Waals surface area contributed by atoms with Crippen LogP contribution in [0.1, 0.15) is 20.8 Å². The second-order valence-corrected chi connectivity index (χ2v) is 7.51. The first-order chi connectivity index (χ1) is 15.3. The largest absolute Gasteiger partial charge is 0.437 e. The third-order valence-electron chi connectivity index (χ3n) is 5.54. The maximum Gasteiger partial charge on any atom is 0.227 e. The Kier molecular flexibility index (Phi) is 3.28. The van der Waals surface area contributed by atoms with Gasteiger partial charge in [0.2, 0.25) is 11.4 Å². The molecule has 0 saturated heterocycles. The molecular weight excluding hydrogens is 356 g/mol. The minimum Gasteiger partial charge on any atom is -0.437 e. The van der Waals surface area contributed by atoms with Gasteiger partial charge in [-0.15, -0.1) is 0 Å². The topological polar surface area (TPSA) is 29.9 Å². The van der Waals surface area contributed by atoms with Crippen molar-refractivity contribution in [1.29, 1.82) is 0 Å². The van der Waals surface area contributed by atoms with Gasteiger partial charge >= 0.3 is 0 Å². The molecule has 3 nitrogen and oxygen atoms in total. The molecule has 3 heteroatoms. The third kappa shape index (κ3) is 2.73. The summed E-state index contributed by atoms with van der Waals surface area (Å²) in [6.45, 7) is 1.77. The lowest BCUT2D eigenvalue weighted by atomic mass is 9.95. The highest BCUT2D eigenvalue weighted by molar-refractivity contribution is 6.10. The van der Waals surface area contributed by atoms with E-state index >= 15 is 0 Å². The van der Waals surface area contributed by atoms with Gasteiger partial charge in [-0.3, -0.25) is 0 Å². The molecule has 5 aromatic rings. The maximum atomic E-state index is 8.11. The van der Waals surface area contributed by atoms with E-state index in [1.54, 1.807) is 18.3 Å². The zero-order chi connectivity index (χ0) is 22.6. The molecule has 0 atom stereocenters. The average Bonchev–Trinajstić information content (AvgIpc) is 3.14. The number of furan rings is 1. The molecule has 0 aliphatic rings. The quantitative estimate of drug-likeness (QED) is 0.347. The number of rotatable bonds is 2. The van der Waals surface area contributed by atoms with Crippen LogP contribution in [0, 0.1) is 20.7 Å². The van der Waals surface area contributed by atoms with Crippen molar-refractivity contribution in [2.45, 2.75) is 20.7 Å². The standard InChI is InChI=1S/C26H23N2O/c1-16-14-22(28(4)15-21(16)19-9-6-5-7-10-19)24-18(3)13-17(2)23-20-11-8-12-27-26(20)29-25(23)24/h5-15H,1-4H3/q+1/i2D3. The fraction of sp³-hybridized carbons (Fsp3) is 0.154. The number of aromatic nitrogens is 2. The number of hydrogen-bond acceptors (Lipinski definition) is 2. The van der Waals surface area contributed by atoms with E-state index < -0.39 is 6.85 Å². The summed E-state index contributed by atoms with van der Waals surface area (Å²) in [5.41, 5.74) is 7.43. The predicted octanol–water partition coefficient (Wildman–Crippen LogP) is 6.06. The number of hydrogen-bond donors (Lipinski definition) is 0. The Hall–Kier alpha value is -3.46. The highest BCUT2D eigenvalue weighted by Crippen LogP contribution is 2.39. The Morgan fingerprint density at radius 1 is 0.966 bits per heavy atom. The van der Waals surface area contributed by atoms with Gasteiger partial charge in [0, 0.05) is 32.7 Å². The number of pyridine rings is 2. The molecule has 29 heavy (non-hydrogen) atoms. The molecule has 0 spiro atoms. The second-order valence-electron chi connectivity index (χ2n) is 7.51. The summed E-state index contributed by atoms with van der Waals surface area (Å²) in [7, 11) is 2.01. The highest BCUT2D eigenvalue weighted by atomic mass is 16.3. The van der Waals surface area contributed by atoms with Gasteiger partial charge in [0.1, 0.15) is 7.05 Å². The second kappa shape index (κ2) is 6.56. The van der Waals surface area contributed by atoms with Crippen LogP contribution in [-0.4, -0.2) is 4.98 Å². The molecule has 0 unspecified atom stereocenters. The van der Waals surface area contributed by atoms with Crippen LogP contribution in [0.5, 0.6) is 0 Å². The zero-order valence-electron chi connectivity index (χ0n) is 19.7. The van der Waals surface area contributed by atoms with Crippen LogP contribution in [0.25, 0.3) is 44.5 Å². The molecule has 2 aromatic carbocycles. The lowest BCUT2D eigenvalue weighted by Gasteiger charge is -2.11. The molecule has 0 amide bonds. The highest BCUT2D eigenvalue weighted by Gasteiger charge is 2.23. The minimum absolute atomic E-state index is 0.292. The van der Waals surface area contributed by atoms with Gasteiger partial charge in [-0.1, -0.05) is 36.4 Å². The van der Waals surface area contributed by atoms with E-state index in [1.165, 1.54) is 0 Å². The number of benzene rings is 2. The van der Waals surface area contributed by atoms with Crippen molar-refractivity contribution in [3.05, 3.63) is 83.7 Å². The summed E-state index contributed by atoms with van der Waals surface area (Å²) in [6, 6.07) is 17.9. The maximum absolute atomic E-state index is 8.11. The number of aryl methyl sites for hydroxylation is 4. The zero-order valence-corrected chi connectivity index (χ0v) is 16.7. The molecule has 0 aliphatic heterocycles. The summed E-state index contributed by atoms with van der Waals surface area (Å²) < 4.78 is 32.6. The Bertz CT molecular complexity index is 1480. The molecular formula is C26H23N2O+. The van der Waals surface area contributed by atoms with Crippen molar-refractivity contribution < 1.29 is 13.1 Å². The van der Waals surface area contributed by atoms with Crippen LogP contribution in [0.2, 0.25) is 0 Å². The monoisotopic (exact) mass is 382 g/mol. The summed E-state index contributed by atoms with van der Waals surface area (Å²) in [6.07, 6.45) is 3.77. The lowest BCUT2D eigenvalue weighted by molar-refractivity contribution is -0.659. The Balaban J connectivity index is 1.84. The molecule has 3 heterocycles. The van der Waals surface area contributed by atoms with E-state index in [9.17, 15) is 0 Å². The van der Waals surface area contributed by atoms with Crippen LogP contribution >= 0.6 is 0 Å². The molecule has 5 rings (SSSR count). The average molecular weight is 383 g/mol. The van der Waals surface area contributed by atoms with E-state index in [1.807, 2.05) is 38.2 Å². The Labute approximate surface area is 174 Å². The first-order valence-electron chi connectivity index (χ1n) is 11.1. The molecule has 0 radical (unpaired) electrons. The van der Waals surface area contributed by atoms with Gasteiger partial charge in [-0.2, -0.15) is 0 Å². The van der Waals surface area contributed by atoms with Crippen molar-refractivity contribution >= 4 is 22.1 Å². The summed E-state index contributed by atoms with van der Waals surface area (Å²) in [4.78, 5) is 4.34. The summed E-state index contributed by atoms with van der Waals surface area (Å²) in [5.74, 6) is 0. The predicted molar refractivity (Wildman–Crippen MR) is 118 cm³/mol. The Morgan fingerprint density at radius 3 is 2.59 bits per heavy atom. The molecule has 142 valence electrons. The van der Waals surface area contributed by atoms with Crippen LogP contribution < -0.4 is 4.57 Å². The van der Waals surface area contributed by atoms with Crippen molar-refractivity contribution in [2.24, 2.45) is 7.05 Å². The smallest absolute Gasteiger partial charge is 0.227 e. The number of fused-ring (bicyclic) bond motifs is 3. The molecule has 0 N–H and O–H groups in total. The first-order valence-corrected chi connectivity index (χ1v) is 9.63. The molecule has 0 fully saturated rings. The lowest BCUT2D eigenvalue weighted by Crippen LogP contribution is -2.31. The van der Waals surface area contributed by atoms with Crippen molar-refractivity contribution in [1.82, 2.24) is 4.98 Å². The van der Waals surface area contributed by atoms with Crippen LogP contribution in [0.3, 0.4) is 0 Å². The first kappa shape index (κ1) is 14.5. The molecule has 3 aromatic heterocycles. The van der Waals surface area contributed by atoms with Gasteiger partial charge in [-0.25, -0.2) is 9.55 Å². The summed E-state index contributed by atoms with van der Waals surface area (Å²) in [5, 5.41) is 1.33. The van der Waals surface area contributed by atoms with E-state index in [0.29, 0.717) is 22.2 Å². The van der Waals surface area contributed by atoms with E-state index in [2.05, 4.69) is 40.9 Å². The normalized spacial score (nSPS) is 13.4. The van der Waals surface area contributed by atoms with Crippen molar-refractivity contribution in [3.63, 3.8) is 0 Å². The third-order valence-corrected chi connectivity index (χ3v) is 5.54. The molecule has 0 aliphatic carbocycles. The van der Waals surface area contributed by atoms with Gasteiger partial charge in [0.15, 0.2) is 11.8 Å². The Morgan fingerprint density at radius 2 is 1.79 bits per heavy atom. The fourth-order valence-electron chi connectivity index (χ4n) is 4.15. The molecule has 0 saturated carbocycles. The van der Waals surface area contributed by atoms with E-state index in [4.69, 9.17) is 8.53 Å². The minimum atomic E-state index is -2.26. The number of nitrogens with zero attached hydrogens (tertiary/aromatic N) is 2. The van der Waals surface area contributed by atoms with Crippen molar-refractivity contribution in [3.8, 4) is 22.4 Å². The van der Waals surface area contributed by atoms with Crippen LogP contribution in [0.4, 0.5) is 0 Å². The SMILES string of the molecule is [2H]C([2H])([2H])c1cc(C)c(-c2cc(C)c(-c3ccccc3)c[n+]2C)c2oc3ncccc3c12. The van der Waals surface area contributed by atoms with Gasteiger partial charge < -0.3 is 4.42 Å².